The first kappa shape index (κ1) is 23.3. The molecule has 0 radical (unpaired) electrons. The Morgan fingerprint density at radius 2 is 1.97 bits per heavy atom. The number of imidazole rings is 1. The molecule has 0 bridgehead atoms. The zero-order chi connectivity index (χ0) is 24.1. The van der Waals surface area contributed by atoms with E-state index < -0.39 is 0 Å². The van der Waals surface area contributed by atoms with Crippen molar-refractivity contribution < 1.29 is 4.74 Å². The van der Waals surface area contributed by atoms with Crippen LogP contribution in [0.5, 0.6) is 0 Å². The minimum atomic E-state index is 0.512. The lowest BCUT2D eigenvalue weighted by atomic mass is 10.1. The second kappa shape index (κ2) is 10.4. The molecule has 7 heteroatoms. The molecule has 0 aliphatic carbocycles. The van der Waals surface area contributed by atoms with E-state index >= 15 is 0 Å². The van der Waals surface area contributed by atoms with Crippen LogP contribution >= 0.6 is 0 Å². The molecule has 1 atom stereocenters. The van der Waals surface area contributed by atoms with Gasteiger partial charge >= 0.3 is 0 Å². The maximum atomic E-state index is 5.29. The number of pyridine rings is 1. The molecule has 1 fully saturated rings. The van der Waals surface area contributed by atoms with Gasteiger partial charge in [-0.2, -0.15) is 5.10 Å². The molecule has 176 valence electrons. The minimum absolute atomic E-state index is 0.512. The topological polar surface area (TPSA) is 67.6 Å². The predicted molar refractivity (Wildman–Crippen MR) is 139 cm³/mol. The van der Waals surface area contributed by atoms with Gasteiger partial charge in [-0.05, 0) is 44.0 Å². The minimum Gasteiger partial charge on any atom is -0.497 e. The molecule has 4 aromatic rings. The highest BCUT2D eigenvalue weighted by atomic mass is 16.5. The third-order valence-electron chi connectivity index (χ3n) is 5.93. The Labute approximate surface area is 201 Å². The van der Waals surface area contributed by atoms with E-state index in [4.69, 9.17) is 14.8 Å². The van der Waals surface area contributed by atoms with Gasteiger partial charge in [0.05, 0.1) is 18.5 Å². The van der Waals surface area contributed by atoms with Crippen molar-refractivity contribution >= 4 is 28.7 Å². The maximum Gasteiger partial charge on any atom is 0.177 e. The first-order chi connectivity index (χ1) is 16.6. The number of nitrogens with zero attached hydrogens (tertiary/aromatic N) is 5. The van der Waals surface area contributed by atoms with Crippen LogP contribution in [0.4, 0.5) is 17.3 Å². The van der Waals surface area contributed by atoms with E-state index in [0.29, 0.717) is 11.8 Å². The molecule has 1 aromatic carbocycles. The number of anilines is 3. The number of hydrogen-bond donors (Lipinski definition) is 1. The number of fused-ring (bicyclic) bond motifs is 1. The Kier molecular flexibility index (Phi) is 7.11. The summed E-state index contributed by atoms with van der Waals surface area (Å²) in [6.45, 7) is 11.3. The Morgan fingerprint density at radius 3 is 2.74 bits per heavy atom. The van der Waals surface area contributed by atoms with Crippen LogP contribution in [0.2, 0.25) is 0 Å². The summed E-state index contributed by atoms with van der Waals surface area (Å²) in [4.78, 5) is 11.7. The third-order valence-corrected chi connectivity index (χ3v) is 5.93. The quantitative estimate of drug-likeness (QED) is 0.350. The first-order valence-corrected chi connectivity index (χ1v) is 11.8. The summed E-state index contributed by atoms with van der Waals surface area (Å²) in [6, 6.07) is 16.6. The summed E-state index contributed by atoms with van der Waals surface area (Å²) in [5.41, 5.74) is 4.28. The van der Waals surface area contributed by atoms with Gasteiger partial charge in [0, 0.05) is 36.1 Å². The van der Waals surface area contributed by atoms with Crippen LogP contribution < -0.4 is 10.2 Å². The number of nitrogens with one attached hydrogen (secondary N) is 1. The summed E-state index contributed by atoms with van der Waals surface area (Å²) in [6.07, 6.45) is 6.00. The lowest BCUT2D eigenvalue weighted by Crippen LogP contribution is -2.27. The second-order valence-corrected chi connectivity index (χ2v) is 8.04. The first-order valence-electron chi connectivity index (χ1n) is 11.8. The number of benzene rings is 1. The Balaban J connectivity index is 0.00000133. The molecule has 1 aliphatic rings. The Hall–Kier alpha value is -3.87. The van der Waals surface area contributed by atoms with E-state index in [0.717, 1.165) is 46.3 Å². The summed E-state index contributed by atoms with van der Waals surface area (Å²) in [5, 5.41) is 8.21. The molecule has 1 unspecified atom stereocenters. The van der Waals surface area contributed by atoms with Gasteiger partial charge < -0.3 is 15.0 Å². The highest BCUT2D eigenvalue weighted by Crippen LogP contribution is 2.29. The Morgan fingerprint density at radius 1 is 1.15 bits per heavy atom. The molecule has 1 aliphatic heterocycles. The monoisotopic (exact) mass is 456 g/mol. The molecule has 34 heavy (non-hydrogen) atoms. The fourth-order valence-corrected chi connectivity index (χ4v) is 4.18. The smallest absolute Gasteiger partial charge is 0.177 e. The average molecular weight is 457 g/mol. The number of aromatic nitrogens is 4. The molecule has 0 amide bonds. The normalized spacial score (nSPS) is 15.1. The summed E-state index contributed by atoms with van der Waals surface area (Å²) in [7, 11) is 1.62. The van der Waals surface area contributed by atoms with Crippen LogP contribution in [0.3, 0.4) is 0 Å². The van der Waals surface area contributed by atoms with E-state index in [1.54, 1.807) is 17.8 Å². The van der Waals surface area contributed by atoms with E-state index in [2.05, 4.69) is 34.8 Å². The van der Waals surface area contributed by atoms with Gasteiger partial charge in [0.2, 0.25) is 0 Å². The van der Waals surface area contributed by atoms with Crippen molar-refractivity contribution in [3.8, 4) is 11.3 Å². The standard InChI is InChI=1S/C25H26N6O.C2H6/c1-17-7-6-13-30(17)24-11-5-10-23(28-24)27-22-16-21(29-31-14-12-26-25(22)31)20-9-4-8-19(15-20)18(2)32-3;1-2/h4-5,8-12,14-17H,2,6-7,13H2,1,3H3,(H,27,28);1-2H3. The molecular formula is C27H32N6O. The van der Waals surface area contributed by atoms with Gasteiger partial charge in [-0.1, -0.05) is 44.7 Å². The van der Waals surface area contributed by atoms with Crippen molar-refractivity contribution in [1.29, 1.82) is 0 Å². The van der Waals surface area contributed by atoms with Gasteiger partial charge in [0.15, 0.2) is 5.65 Å². The number of methoxy groups -OCH3 is 1. The van der Waals surface area contributed by atoms with Crippen LogP contribution in [0.25, 0.3) is 22.7 Å². The van der Waals surface area contributed by atoms with Gasteiger partial charge in [0.1, 0.15) is 17.4 Å². The number of rotatable bonds is 6. The lowest BCUT2D eigenvalue weighted by molar-refractivity contribution is 0.371. The highest BCUT2D eigenvalue weighted by Gasteiger charge is 2.21. The zero-order valence-corrected chi connectivity index (χ0v) is 20.3. The van der Waals surface area contributed by atoms with Crippen molar-refractivity contribution in [2.75, 3.05) is 23.9 Å². The molecule has 3 aromatic heterocycles. The molecule has 0 saturated carbocycles. The fourth-order valence-electron chi connectivity index (χ4n) is 4.18. The molecule has 1 saturated heterocycles. The van der Waals surface area contributed by atoms with Crippen molar-refractivity contribution in [1.82, 2.24) is 19.6 Å². The summed E-state index contributed by atoms with van der Waals surface area (Å²) < 4.78 is 7.07. The molecule has 1 N–H and O–H groups in total. The van der Waals surface area contributed by atoms with Gasteiger partial charge in [-0.3, -0.25) is 0 Å². The maximum absolute atomic E-state index is 5.29. The molecule has 0 spiro atoms. The van der Waals surface area contributed by atoms with E-state index in [1.165, 1.54) is 12.8 Å². The van der Waals surface area contributed by atoms with Crippen LogP contribution in [-0.2, 0) is 4.74 Å². The van der Waals surface area contributed by atoms with E-state index in [9.17, 15) is 0 Å². The largest absolute Gasteiger partial charge is 0.497 e. The van der Waals surface area contributed by atoms with E-state index in [1.807, 2.05) is 62.5 Å². The Bertz CT molecular complexity index is 1280. The number of hydrogen-bond acceptors (Lipinski definition) is 6. The lowest BCUT2D eigenvalue weighted by Gasteiger charge is -2.23. The molecule has 5 rings (SSSR count). The average Bonchev–Trinajstić information content (AvgIpc) is 3.54. The highest BCUT2D eigenvalue weighted by molar-refractivity contribution is 5.78. The van der Waals surface area contributed by atoms with Crippen LogP contribution in [0, 0.1) is 0 Å². The van der Waals surface area contributed by atoms with Crippen molar-refractivity contribution in [2.24, 2.45) is 0 Å². The molecule has 4 heterocycles. The van der Waals surface area contributed by atoms with Crippen molar-refractivity contribution in [2.45, 2.75) is 39.7 Å². The van der Waals surface area contributed by atoms with E-state index in [-0.39, 0.29) is 0 Å². The fraction of sp³-hybridized carbons (Fsp3) is 0.296. The SMILES string of the molecule is C=C(OC)c1cccc(-c2cc(Nc3cccc(N4CCCC4C)n3)c3nccn3n2)c1.CC. The van der Waals surface area contributed by atoms with Crippen molar-refractivity contribution in [3.63, 3.8) is 0 Å². The second-order valence-electron chi connectivity index (χ2n) is 8.04. The van der Waals surface area contributed by atoms with Crippen LogP contribution in [0.1, 0.15) is 39.2 Å². The van der Waals surface area contributed by atoms with Crippen molar-refractivity contribution in [3.05, 3.63) is 73.1 Å². The summed E-state index contributed by atoms with van der Waals surface area (Å²) >= 11 is 0. The third kappa shape index (κ3) is 4.73. The van der Waals surface area contributed by atoms with Gasteiger partial charge in [-0.15, -0.1) is 0 Å². The number of ether oxygens (including phenoxy) is 1. The predicted octanol–water partition coefficient (Wildman–Crippen LogP) is 6.17. The molecular weight excluding hydrogens is 424 g/mol. The zero-order valence-electron chi connectivity index (χ0n) is 20.3. The molecule has 7 nitrogen and oxygen atoms in total. The van der Waals surface area contributed by atoms with Gasteiger partial charge in [0.25, 0.3) is 0 Å². The van der Waals surface area contributed by atoms with Crippen LogP contribution in [0.15, 0.2) is 67.5 Å². The summed E-state index contributed by atoms with van der Waals surface area (Å²) in [5.74, 6) is 2.40. The van der Waals surface area contributed by atoms with Gasteiger partial charge in [-0.25, -0.2) is 14.5 Å². The van der Waals surface area contributed by atoms with Crippen LogP contribution in [-0.4, -0.2) is 39.3 Å².